The number of ether oxygens (including phenoxy) is 1. The van der Waals surface area contributed by atoms with Crippen molar-refractivity contribution in [3.05, 3.63) is 77.7 Å². The summed E-state index contributed by atoms with van der Waals surface area (Å²) >= 11 is 0. The van der Waals surface area contributed by atoms with E-state index in [1.165, 1.54) is 12.4 Å². The van der Waals surface area contributed by atoms with E-state index in [4.69, 9.17) is 4.74 Å². The van der Waals surface area contributed by atoms with Gasteiger partial charge in [0.15, 0.2) is 0 Å². The molecule has 2 aromatic carbocycles. The second-order valence-electron chi connectivity index (χ2n) is 6.98. The Kier molecular flexibility index (Phi) is 6.59. The molecule has 0 aliphatic rings. The van der Waals surface area contributed by atoms with Crippen LogP contribution < -0.4 is 15.4 Å². The number of methoxy groups -OCH3 is 1. The first-order chi connectivity index (χ1) is 16.1. The average molecular weight is 444 g/mol. The largest absolute Gasteiger partial charge is 0.497 e. The van der Waals surface area contributed by atoms with E-state index in [2.05, 4.69) is 41.2 Å². The van der Waals surface area contributed by atoms with E-state index in [1.54, 1.807) is 19.2 Å². The summed E-state index contributed by atoms with van der Waals surface area (Å²) in [6, 6.07) is 16.0. The van der Waals surface area contributed by atoms with E-state index in [9.17, 15) is 9.59 Å². The molecule has 0 atom stereocenters. The molecule has 33 heavy (non-hydrogen) atoms. The van der Waals surface area contributed by atoms with Crippen LogP contribution in [0, 0.1) is 0 Å². The minimum atomic E-state index is -0.384. The fraction of sp³-hybridized carbons (Fsp3) is 0.136. The zero-order valence-corrected chi connectivity index (χ0v) is 17.6. The number of benzene rings is 2. The van der Waals surface area contributed by atoms with Crippen molar-refractivity contribution < 1.29 is 14.3 Å². The number of aromatic nitrogens is 6. The summed E-state index contributed by atoms with van der Waals surface area (Å²) in [6.07, 6.45) is 1.40. The minimum absolute atomic E-state index is 0.146. The van der Waals surface area contributed by atoms with Gasteiger partial charge in [0, 0.05) is 18.2 Å². The van der Waals surface area contributed by atoms with Gasteiger partial charge < -0.3 is 15.4 Å². The standard InChI is InChI=1S/C22H20N8O3/c1-33-17-8-4-14(5-9-17)10-20(31)26-19-11-18(24-13-25-19)22(32)23-12-15-2-6-16(7-3-15)21-27-29-30-28-21/h2-9,11,13H,10,12H2,1H3,(H,23,32)(H,24,25,26,31)(H,27,28,29,30). The quantitative estimate of drug-likeness (QED) is 0.372. The fourth-order valence-electron chi connectivity index (χ4n) is 2.99. The summed E-state index contributed by atoms with van der Waals surface area (Å²) in [5.74, 6) is 0.817. The Bertz CT molecular complexity index is 1230. The highest BCUT2D eigenvalue weighted by Crippen LogP contribution is 2.14. The van der Waals surface area contributed by atoms with E-state index in [0.29, 0.717) is 18.1 Å². The van der Waals surface area contributed by atoms with Crippen LogP contribution >= 0.6 is 0 Å². The van der Waals surface area contributed by atoms with E-state index in [-0.39, 0.29) is 29.7 Å². The van der Waals surface area contributed by atoms with Gasteiger partial charge in [-0.3, -0.25) is 9.59 Å². The third kappa shape index (κ3) is 5.73. The molecular formula is C22H20N8O3. The molecule has 166 valence electrons. The normalized spacial score (nSPS) is 10.5. The first-order valence-electron chi connectivity index (χ1n) is 9.96. The molecule has 0 bridgehead atoms. The van der Waals surface area contributed by atoms with Gasteiger partial charge in [-0.05, 0) is 28.5 Å². The number of carbonyl (C=O) groups is 2. The minimum Gasteiger partial charge on any atom is -0.497 e. The number of hydrogen-bond acceptors (Lipinski definition) is 8. The van der Waals surface area contributed by atoms with Gasteiger partial charge in [0.05, 0.1) is 13.5 Å². The monoisotopic (exact) mass is 444 g/mol. The van der Waals surface area contributed by atoms with Crippen molar-refractivity contribution in [2.24, 2.45) is 0 Å². The van der Waals surface area contributed by atoms with Gasteiger partial charge in [0.25, 0.3) is 5.91 Å². The lowest BCUT2D eigenvalue weighted by atomic mass is 10.1. The van der Waals surface area contributed by atoms with Crippen molar-refractivity contribution in [2.45, 2.75) is 13.0 Å². The van der Waals surface area contributed by atoms with Crippen LogP contribution in [0.2, 0.25) is 0 Å². The van der Waals surface area contributed by atoms with Crippen molar-refractivity contribution in [1.82, 2.24) is 35.9 Å². The SMILES string of the molecule is COc1ccc(CC(=O)Nc2cc(C(=O)NCc3ccc(-c4nn[nH]n4)cc3)ncn2)cc1. The summed E-state index contributed by atoms with van der Waals surface area (Å²) in [5.41, 5.74) is 2.67. The number of carbonyl (C=O) groups excluding carboxylic acids is 2. The molecule has 3 N–H and O–H groups in total. The van der Waals surface area contributed by atoms with E-state index >= 15 is 0 Å². The third-order valence-electron chi connectivity index (χ3n) is 4.70. The Hall–Kier alpha value is -4.67. The number of amides is 2. The number of H-pyrrole nitrogens is 1. The Balaban J connectivity index is 1.31. The Morgan fingerprint density at radius 3 is 2.45 bits per heavy atom. The Morgan fingerprint density at radius 2 is 1.76 bits per heavy atom. The van der Waals surface area contributed by atoms with Crippen LogP contribution in [-0.4, -0.2) is 49.5 Å². The molecule has 0 unspecified atom stereocenters. The third-order valence-corrected chi connectivity index (χ3v) is 4.70. The molecule has 11 heteroatoms. The molecule has 0 spiro atoms. The van der Waals surface area contributed by atoms with Gasteiger partial charge in [-0.15, -0.1) is 10.2 Å². The van der Waals surface area contributed by atoms with Gasteiger partial charge in [-0.2, -0.15) is 5.21 Å². The van der Waals surface area contributed by atoms with Crippen molar-refractivity contribution in [3.63, 3.8) is 0 Å². The molecule has 2 amide bonds. The molecule has 0 fully saturated rings. The highest BCUT2D eigenvalue weighted by atomic mass is 16.5. The van der Waals surface area contributed by atoms with Crippen molar-refractivity contribution in [1.29, 1.82) is 0 Å². The van der Waals surface area contributed by atoms with Crippen molar-refractivity contribution in [2.75, 3.05) is 12.4 Å². The van der Waals surface area contributed by atoms with Crippen LogP contribution in [0.25, 0.3) is 11.4 Å². The summed E-state index contributed by atoms with van der Waals surface area (Å²) in [7, 11) is 1.58. The van der Waals surface area contributed by atoms with Crippen molar-refractivity contribution >= 4 is 17.6 Å². The first-order valence-corrected chi connectivity index (χ1v) is 9.96. The number of nitrogens with zero attached hydrogens (tertiary/aromatic N) is 5. The predicted molar refractivity (Wildman–Crippen MR) is 118 cm³/mol. The summed E-state index contributed by atoms with van der Waals surface area (Å²) in [4.78, 5) is 32.8. The van der Waals surface area contributed by atoms with E-state index in [1.807, 2.05) is 36.4 Å². The van der Waals surface area contributed by atoms with Crippen molar-refractivity contribution in [3.8, 4) is 17.1 Å². The molecule has 4 aromatic rings. The maximum absolute atomic E-state index is 12.5. The van der Waals surface area contributed by atoms with Crippen LogP contribution in [-0.2, 0) is 17.8 Å². The number of hydrogen-bond donors (Lipinski definition) is 3. The second kappa shape index (κ2) is 10.1. The second-order valence-corrected chi connectivity index (χ2v) is 6.98. The highest BCUT2D eigenvalue weighted by Gasteiger charge is 2.11. The lowest BCUT2D eigenvalue weighted by molar-refractivity contribution is -0.115. The number of tetrazole rings is 1. The van der Waals surface area contributed by atoms with Gasteiger partial charge >= 0.3 is 0 Å². The summed E-state index contributed by atoms with van der Waals surface area (Å²) in [5, 5.41) is 19.3. The highest BCUT2D eigenvalue weighted by molar-refractivity contribution is 5.95. The Labute approximate surface area is 188 Å². The van der Waals surface area contributed by atoms with Gasteiger partial charge in [-0.25, -0.2) is 9.97 Å². The zero-order chi connectivity index (χ0) is 23.0. The number of rotatable bonds is 8. The lowest BCUT2D eigenvalue weighted by Gasteiger charge is -2.08. The maximum Gasteiger partial charge on any atom is 0.270 e. The fourth-order valence-corrected chi connectivity index (χ4v) is 2.99. The summed E-state index contributed by atoms with van der Waals surface area (Å²) < 4.78 is 5.11. The lowest BCUT2D eigenvalue weighted by Crippen LogP contribution is -2.24. The molecule has 2 heterocycles. The predicted octanol–water partition coefficient (Wildman–Crippen LogP) is 1.78. The number of aromatic amines is 1. The van der Waals surface area contributed by atoms with Crippen LogP contribution in [0.15, 0.2) is 60.9 Å². The first kappa shape index (κ1) is 21.6. The molecular weight excluding hydrogens is 424 g/mol. The molecule has 0 saturated heterocycles. The average Bonchev–Trinajstić information content (AvgIpc) is 3.38. The smallest absolute Gasteiger partial charge is 0.270 e. The molecule has 2 aromatic heterocycles. The number of nitrogens with one attached hydrogen (secondary N) is 3. The zero-order valence-electron chi connectivity index (χ0n) is 17.6. The molecule has 0 aliphatic carbocycles. The molecule has 4 rings (SSSR count). The van der Waals surface area contributed by atoms with Crippen LogP contribution in [0.5, 0.6) is 5.75 Å². The van der Waals surface area contributed by atoms with Gasteiger partial charge in [-0.1, -0.05) is 36.4 Å². The van der Waals surface area contributed by atoms with E-state index < -0.39 is 0 Å². The topological polar surface area (TPSA) is 148 Å². The molecule has 0 radical (unpaired) electrons. The van der Waals surface area contributed by atoms with Crippen LogP contribution in [0.1, 0.15) is 21.6 Å². The molecule has 0 aliphatic heterocycles. The summed E-state index contributed by atoms with van der Waals surface area (Å²) in [6.45, 7) is 0.300. The molecule has 11 nitrogen and oxygen atoms in total. The van der Waals surface area contributed by atoms with Gasteiger partial charge in [0.1, 0.15) is 23.6 Å². The van der Waals surface area contributed by atoms with E-state index in [0.717, 1.165) is 16.7 Å². The maximum atomic E-state index is 12.5. The van der Waals surface area contributed by atoms with Gasteiger partial charge in [0.2, 0.25) is 11.7 Å². The van der Waals surface area contributed by atoms with Crippen LogP contribution in [0.4, 0.5) is 5.82 Å². The van der Waals surface area contributed by atoms with Crippen LogP contribution in [0.3, 0.4) is 0 Å². The molecule has 0 saturated carbocycles. The Morgan fingerprint density at radius 1 is 1.00 bits per heavy atom. The number of anilines is 1.